The van der Waals surface area contributed by atoms with E-state index < -0.39 is 10.0 Å². The number of carbonyl (C=O) groups excluding carboxylic acids is 1. The molecule has 2 aromatic rings. The monoisotopic (exact) mass is 427 g/mol. The Morgan fingerprint density at radius 2 is 1.75 bits per heavy atom. The number of halogens is 1. The smallest absolute Gasteiger partial charge is 0.240 e. The first-order chi connectivity index (χ1) is 12.9. The summed E-state index contributed by atoms with van der Waals surface area (Å²) in [6.45, 7) is 2.65. The fourth-order valence-electron chi connectivity index (χ4n) is 2.39. The second-order valence-electron chi connectivity index (χ2n) is 5.87. The third-order valence-corrected chi connectivity index (χ3v) is 5.31. The maximum Gasteiger partial charge on any atom is 0.240 e. The molecule has 1 atom stereocenters. The second-order valence-corrected chi connectivity index (χ2v) is 7.64. The van der Waals surface area contributed by atoms with Gasteiger partial charge in [0, 0.05) is 25.6 Å². The Morgan fingerprint density at radius 3 is 2.36 bits per heavy atom. The van der Waals surface area contributed by atoms with Gasteiger partial charge < -0.3 is 15.8 Å². The van der Waals surface area contributed by atoms with Crippen molar-refractivity contribution < 1.29 is 17.9 Å². The molecule has 0 saturated heterocycles. The van der Waals surface area contributed by atoms with Gasteiger partial charge in [0.05, 0.1) is 11.5 Å². The normalized spacial score (nSPS) is 11.9. The van der Waals surface area contributed by atoms with Crippen molar-refractivity contribution in [1.82, 2.24) is 10.0 Å². The van der Waals surface area contributed by atoms with Crippen LogP contribution in [-0.4, -0.2) is 34.0 Å². The van der Waals surface area contributed by atoms with Crippen molar-refractivity contribution >= 4 is 28.3 Å². The van der Waals surface area contributed by atoms with Gasteiger partial charge in [-0.15, -0.1) is 12.4 Å². The van der Waals surface area contributed by atoms with Crippen LogP contribution in [0, 0.1) is 0 Å². The van der Waals surface area contributed by atoms with Crippen molar-refractivity contribution in [3.8, 4) is 5.75 Å². The summed E-state index contributed by atoms with van der Waals surface area (Å²) < 4.78 is 32.2. The van der Waals surface area contributed by atoms with Crippen LogP contribution < -0.4 is 20.5 Å². The molecule has 0 aliphatic carbocycles. The maximum absolute atomic E-state index is 12.2. The van der Waals surface area contributed by atoms with Gasteiger partial charge in [0.2, 0.25) is 15.9 Å². The van der Waals surface area contributed by atoms with Crippen LogP contribution in [0.2, 0.25) is 0 Å². The molecule has 0 aliphatic rings. The molecular weight excluding hydrogens is 402 g/mol. The predicted molar refractivity (Wildman–Crippen MR) is 111 cm³/mol. The molecule has 2 aromatic carbocycles. The van der Waals surface area contributed by atoms with Gasteiger partial charge in [-0.1, -0.05) is 30.3 Å². The molecule has 1 amide bonds. The molecule has 1 unspecified atom stereocenters. The van der Waals surface area contributed by atoms with Crippen molar-refractivity contribution in [2.45, 2.75) is 24.3 Å². The highest BCUT2D eigenvalue weighted by atomic mass is 35.5. The van der Waals surface area contributed by atoms with Crippen LogP contribution in [0.25, 0.3) is 0 Å². The van der Waals surface area contributed by atoms with Crippen molar-refractivity contribution in [1.29, 1.82) is 0 Å². The van der Waals surface area contributed by atoms with Gasteiger partial charge in [-0.05, 0) is 36.8 Å². The Balaban J connectivity index is 0.00000392. The van der Waals surface area contributed by atoms with Crippen LogP contribution in [0.15, 0.2) is 59.5 Å². The highest BCUT2D eigenvalue weighted by Gasteiger charge is 2.14. The Morgan fingerprint density at radius 1 is 1.11 bits per heavy atom. The molecule has 0 bridgehead atoms. The minimum absolute atomic E-state index is 0. The molecule has 0 aromatic heterocycles. The van der Waals surface area contributed by atoms with Crippen molar-refractivity contribution in [3.05, 3.63) is 60.2 Å². The first-order valence-electron chi connectivity index (χ1n) is 8.72. The first kappa shape index (κ1) is 23.9. The first-order valence-corrected chi connectivity index (χ1v) is 10.2. The third kappa shape index (κ3) is 7.47. The molecule has 0 saturated carbocycles. The fraction of sp³-hybridized carbons (Fsp3) is 0.316. The number of nitrogens with one attached hydrogen (secondary N) is 2. The van der Waals surface area contributed by atoms with Crippen LogP contribution in [0.5, 0.6) is 5.75 Å². The molecule has 0 fully saturated rings. The standard InChI is InChI=1S/C19H25N3O4S.ClH/c1-2-26-16-8-10-17(11-9-16)27(24,25)22-13-12-19(23)21-14-18(20)15-6-4-3-5-7-15;/h3-11,18,22H,2,12-14,20H2,1H3,(H,21,23);1H. The van der Waals surface area contributed by atoms with E-state index in [2.05, 4.69) is 10.0 Å². The van der Waals surface area contributed by atoms with Crippen molar-refractivity contribution in [3.63, 3.8) is 0 Å². The molecule has 0 heterocycles. The van der Waals surface area contributed by atoms with E-state index in [-0.39, 0.29) is 48.8 Å². The number of amides is 1. The summed E-state index contributed by atoms with van der Waals surface area (Å²) in [4.78, 5) is 12.0. The van der Waals surface area contributed by atoms with Crippen molar-refractivity contribution in [2.24, 2.45) is 5.73 Å². The number of benzene rings is 2. The molecule has 0 radical (unpaired) electrons. The summed E-state index contributed by atoms with van der Waals surface area (Å²) in [5, 5.41) is 2.71. The zero-order chi connectivity index (χ0) is 19.7. The summed E-state index contributed by atoms with van der Waals surface area (Å²) >= 11 is 0. The number of ether oxygens (including phenoxy) is 1. The number of sulfonamides is 1. The van der Waals surface area contributed by atoms with E-state index in [0.717, 1.165) is 5.56 Å². The SMILES string of the molecule is CCOc1ccc(S(=O)(=O)NCCC(=O)NCC(N)c2ccccc2)cc1.Cl. The van der Waals surface area contributed by atoms with Crippen LogP contribution in [0.3, 0.4) is 0 Å². The van der Waals surface area contributed by atoms with Crippen LogP contribution >= 0.6 is 12.4 Å². The quantitative estimate of drug-likeness (QED) is 0.537. The molecular formula is C19H26ClN3O4S. The Labute approximate surface area is 172 Å². The zero-order valence-corrected chi connectivity index (χ0v) is 17.3. The Kier molecular flexibility index (Phi) is 9.95. The highest BCUT2D eigenvalue weighted by Crippen LogP contribution is 2.15. The van der Waals surface area contributed by atoms with Crippen LogP contribution in [-0.2, 0) is 14.8 Å². The Hall–Kier alpha value is -2.13. The van der Waals surface area contributed by atoms with Gasteiger partial charge in [-0.2, -0.15) is 0 Å². The third-order valence-electron chi connectivity index (χ3n) is 3.84. The summed E-state index contributed by atoms with van der Waals surface area (Å²) in [5.74, 6) is 0.335. The van der Waals surface area contributed by atoms with Gasteiger partial charge in [0.25, 0.3) is 0 Å². The van der Waals surface area contributed by atoms with E-state index in [1.54, 1.807) is 12.1 Å². The molecule has 9 heteroatoms. The average Bonchev–Trinajstić information content (AvgIpc) is 2.67. The van der Waals surface area contributed by atoms with Gasteiger partial charge in [-0.25, -0.2) is 13.1 Å². The molecule has 2 rings (SSSR count). The largest absolute Gasteiger partial charge is 0.494 e. The van der Waals surface area contributed by atoms with Gasteiger partial charge in [-0.3, -0.25) is 4.79 Å². The van der Waals surface area contributed by atoms with E-state index in [4.69, 9.17) is 10.5 Å². The number of rotatable bonds is 10. The van der Waals surface area contributed by atoms with E-state index in [1.165, 1.54) is 12.1 Å². The Bertz CT molecular complexity index is 830. The predicted octanol–water partition coefficient (Wildman–Crippen LogP) is 1.99. The molecule has 7 nitrogen and oxygen atoms in total. The fourth-order valence-corrected chi connectivity index (χ4v) is 3.43. The number of carbonyl (C=O) groups is 1. The van der Waals surface area contributed by atoms with E-state index >= 15 is 0 Å². The minimum atomic E-state index is -3.67. The highest BCUT2D eigenvalue weighted by molar-refractivity contribution is 7.89. The number of hydrogen-bond donors (Lipinski definition) is 3. The van der Waals surface area contributed by atoms with Gasteiger partial charge in [0.15, 0.2) is 0 Å². The maximum atomic E-state index is 12.2. The lowest BCUT2D eigenvalue weighted by molar-refractivity contribution is -0.121. The summed E-state index contributed by atoms with van der Waals surface area (Å²) in [6, 6.07) is 15.2. The lowest BCUT2D eigenvalue weighted by atomic mass is 10.1. The molecule has 154 valence electrons. The zero-order valence-electron chi connectivity index (χ0n) is 15.6. The lowest BCUT2D eigenvalue weighted by Gasteiger charge is -2.13. The number of nitrogens with two attached hydrogens (primary N) is 1. The van der Waals surface area contributed by atoms with Gasteiger partial charge in [0.1, 0.15) is 5.75 Å². The van der Waals surface area contributed by atoms with Crippen LogP contribution in [0.1, 0.15) is 24.9 Å². The number of hydrogen-bond acceptors (Lipinski definition) is 5. The lowest BCUT2D eigenvalue weighted by Crippen LogP contribution is -2.34. The van der Waals surface area contributed by atoms with E-state index in [0.29, 0.717) is 12.4 Å². The summed E-state index contributed by atoms with van der Waals surface area (Å²) in [7, 11) is -3.67. The molecule has 0 aliphatic heterocycles. The molecule has 28 heavy (non-hydrogen) atoms. The topological polar surface area (TPSA) is 111 Å². The molecule has 0 spiro atoms. The summed E-state index contributed by atoms with van der Waals surface area (Å²) in [5.41, 5.74) is 6.94. The summed E-state index contributed by atoms with van der Waals surface area (Å²) in [6.07, 6.45) is 0.0256. The second kappa shape index (κ2) is 11.7. The van der Waals surface area contributed by atoms with E-state index in [1.807, 2.05) is 37.3 Å². The van der Waals surface area contributed by atoms with E-state index in [9.17, 15) is 13.2 Å². The molecule has 4 N–H and O–H groups in total. The van der Waals surface area contributed by atoms with Crippen LogP contribution in [0.4, 0.5) is 0 Å². The van der Waals surface area contributed by atoms with Crippen molar-refractivity contribution in [2.75, 3.05) is 19.7 Å². The van der Waals surface area contributed by atoms with Gasteiger partial charge >= 0.3 is 0 Å². The average molecular weight is 428 g/mol. The minimum Gasteiger partial charge on any atom is -0.494 e.